The van der Waals surface area contributed by atoms with Gasteiger partial charge in [-0.25, -0.2) is 0 Å². The third kappa shape index (κ3) is 5.20. The Morgan fingerprint density at radius 1 is 0.889 bits per heavy atom. The molecule has 1 amide bonds. The predicted molar refractivity (Wildman–Crippen MR) is 110 cm³/mol. The van der Waals surface area contributed by atoms with E-state index in [1.807, 2.05) is 18.2 Å². The van der Waals surface area contributed by atoms with E-state index in [1.54, 1.807) is 0 Å². The third-order valence-electron chi connectivity index (χ3n) is 5.47. The highest BCUT2D eigenvalue weighted by molar-refractivity contribution is 5.82. The minimum Gasteiger partial charge on any atom is -0.348 e. The smallest absolute Gasteiger partial charge is 0.283 e. The molecule has 1 saturated carbocycles. The molecule has 2 atom stereocenters. The first-order chi connectivity index (χ1) is 13.0. The number of benzene rings is 2. The van der Waals surface area contributed by atoms with Gasteiger partial charge in [-0.15, -0.1) is 0 Å². The van der Waals surface area contributed by atoms with Crippen molar-refractivity contribution in [3.8, 4) is 0 Å². The number of quaternary nitrogens is 1. The molecule has 0 saturated heterocycles. The van der Waals surface area contributed by atoms with Gasteiger partial charge in [0.25, 0.3) is 5.91 Å². The van der Waals surface area contributed by atoms with Crippen LogP contribution in [0.25, 0.3) is 0 Å². The summed E-state index contributed by atoms with van der Waals surface area (Å²) in [7, 11) is 0. The van der Waals surface area contributed by atoms with Gasteiger partial charge in [-0.2, -0.15) is 0 Å². The van der Waals surface area contributed by atoms with Crippen molar-refractivity contribution in [2.24, 2.45) is 5.92 Å². The largest absolute Gasteiger partial charge is 0.348 e. The van der Waals surface area contributed by atoms with Gasteiger partial charge in [0.05, 0.1) is 0 Å². The molecule has 1 aliphatic rings. The highest BCUT2D eigenvalue weighted by Gasteiger charge is 2.33. The van der Waals surface area contributed by atoms with Crippen molar-refractivity contribution in [1.82, 2.24) is 5.32 Å². The number of carbonyl (C=O) groups excluding carboxylic acids is 1. The van der Waals surface area contributed by atoms with Gasteiger partial charge in [-0.1, -0.05) is 82.3 Å². The second kappa shape index (κ2) is 8.71. The topological polar surface area (TPSA) is 45.7 Å². The summed E-state index contributed by atoms with van der Waals surface area (Å²) < 4.78 is 0. The average Bonchev–Trinajstić information content (AvgIpc) is 3.47. The molecule has 0 aromatic heterocycles. The summed E-state index contributed by atoms with van der Waals surface area (Å²) in [5, 5.41) is 5.45. The Labute approximate surface area is 163 Å². The van der Waals surface area contributed by atoms with Crippen molar-refractivity contribution >= 4 is 5.91 Å². The van der Waals surface area contributed by atoms with Crippen molar-refractivity contribution < 1.29 is 10.1 Å². The van der Waals surface area contributed by atoms with E-state index < -0.39 is 0 Å². The van der Waals surface area contributed by atoms with Gasteiger partial charge in [-0.05, 0) is 24.3 Å². The number of carbonyl (C=O) groups is 1. The quantitative estimate of drug-likeness (QED) is 0.727. The zero-order valence-electron chi connectivity index (χ0n) is 17.0. The zero-order valence-corrected chi connectivity index (χ0v) is 17.0. The molecule has 0 radical (unpaired) electrons. The average molecular weight is 366 g/mol. The van der Waals surface area contributed by atoms with E-state index in [4.69, 9.17) is 0 Å². The monoisotopic (exact) mass is 365 g/mol. The second-order valence-corrected chi connectivity index (χ2v) is 8.45. The predicted octanol–water partition coefficient (Wildman–Crippen LogP) is 4.09. The summed E-state index contributed by atoms with van der Waals surface area (Å²) >= 11 is 0. The number of nitrogens with two attached hydrogens (primary N) is 1. The van der Waals surface area contributed by atoms with Gasteiger partial charge in [0, 0.05) is 23.1 Å². The molecule has 2 aromatic carbocycles. The van der Waals surface area contributed by atoms with Crippen LogP contribution in [-0.2, 0) is 4.79 Å². The maximum absolute atomic E-state index is 13.0. The molecule has 1 fully saturated rings. The summed E-state index contributed by atoms with van der Waals surface area (Å²) in [5.74, 6) is 1.09. The maximum Gasteiger partial charge on any atom is 0.283 e. The molecule has 0 bridgehead atoms. The Kier molecular flexibility index (Phi) is 6.33. The van der Waals surface area contributed by atoms with E-state index in [-0.39, 0.29) is 18.0 Å². The lowest BCUT2D eigenvalue weighted by molar-refractivity contribution is -0.728. The van der Waals surface area contributed by atoms with Crippen LogP contribution in [0.2, 0.25) is 0 Å². The van der Waals surface area contributed by atoms with Crippen LogP contribution in [0.5, 0.6) is 0 Å². The first kappa shape index (κ1) is 19.6. The lowest BCUT2D eigenvalue weighted by Crippen LogP contribution is -2.89. The highest BCUT2D eigenvalue weighted by Crippen LogP contribution is 2.24. The van der Waals surface area contributed by atoms with Gasteiger partial charge in [0.1, 0.15) is 6.04 Å². The fourth-order valence-corrected chi connectivity index (χ4v) is 3.56. The van der Waals surface area contributed by atoms with Crippen molar-refractivity contribution in [2.45, 2.75) is 64.6 Å². The normalized spacial score (nSPS) is 16.4. The maximum atomic E-state index is 13.0. The van der Waals surface area contributed by atoms with Crippen LogP contribution in [0.15, 0.2) is 54.6 Å². The first-order valence-electron chi connectivity index (χ1n) is 10.3. The van der Waals surface area contributed by atoms with Gasteiger partial charge >= 0.3 is 0 Å². The lowest BCUT2D eigenvalue weighted by atomic mass is 9.92. The minimum atomic E-state index is -0.219. The number of hydrogen-bond donors (Lipinski definition) is 2. The fourth-order valence-electron chi connectivity index (χ4n) is 3.56. The molecule has 3 nitrogen and oxygen atoms in total. The van der Waals surface area contributed by atoms with Gasteiger partial charge in [0.2, 0.25) is 0 Å². The van der Waals surface area contributed by atoms with E-state index in [0.29, 0.717) is 17.9 Å². The van der Waals surface area contributed by atoms with Crippen molar-refractivity contribution in [2.75, 3.05) is 0 Å². The number of rotatable bonds is 8. The summed E-state index contributed by atoms with van der Waals surface area (Å²) in [5.41, 5.74) is 3.71. The summed E-state index contributed by atoms with van der Waals surface area (Å²) in [6.07, 6.45) is 2.22. The Hall–Kier alpha value is -2.13. The van der Waals surface area contributed by atoms with Gasteiger partial charge in [-0.3, -0.25) is 4.79 Å². The number of nitrogens with one attached hydrogen (secondary N) is 1. The Bertz CT molecular complexity index is 733. The number of amides is 1. The molecule has 27 heavy (non-hydrogen) atoms. The molecule has 3 N–H and O–H groups in total. The van der Waals surface area contributed by atoms with Crippen molar-refractivity contribution in [1.29, 1.82) is 0 Å². The molecule has 1 aliphatic carbocycles. The lowest BCUT2D eigenvalue weighted by Gasteiger charge is -2.25. The van der Waals surface area contributed by atoms with E-state index in [2.05, 4.69) is 74.7 Å². The molecule has 144 valence electrons. The van der Waals surface area contributed by atoms with E-state index in [0.717, 1.165) is 18.4 Å². The molecule has 3 rings (SSSR count). The third-order valence-corrected chi connectivity index (χ3v) is 5.47. The van der Waals surface area contributed by atoms with Crippen molar-refractivity contribution in [3.05, 3.63) is 71.3 Å². The molecule has 2 aromatic rings. The van der Waals surface area contributed by atoms with Crippen LogP contribution in [0, 0.1) is 5.92 Å². The summed E-state index contributed by atoms with van der Waals surface area (Å²) in [4.78, 5) is 13.0. The van der Waals surface area contributed by atoms with Crippen LogP contribution < -0.4 is 10.6 Å². The second-order valence-electron chi connectivity index (χ2n) is 8.45. The molecule has 0 spiro atoms. The molecular weight excluding hydrogens is 332 g/mol. The zero-order chi connectivity index (χ0) is 19.4. The van der Waals surface area contributed by atoms with E-state index >= 15 is 0 Å². The molecule has 3 heteroatoms. The van der Waals surface area contributed by atoms with Gasteiger partial charge < -0.3 is 10.6 Å². The Balaban J connectivity index is 1.84. The summed E-state index contributed by atoms with van der Waals surface area (Å²) in [6, 6.07) is 19.5. The molecular formula is C24H33N2O+. The van der Waals surface area contributed by atoms with E-state index in [1.165, 1.54) is 11.1 Å². The Morgan fingerprint density at radius 2 is 1.48 bits per heavy atom. The van der Waals surface area contributed by atoms with Crippen LogP contribution in [-0.4, -0.2) is 11.9 Å². The van der Waals surface area contributed by atoms with Crippen LogP contribution in [0.1, 0.15) is 75.2 Å². The number of hydrogen-bond acceptors (Lipinski definition) is 1. The molecule has 0 heterocycles. The molecule has 0 aliphatic heterocycles. The van der Waals surface area contributed by atoms with Crippen LogP contribution in [0.3, 0.4) is 0 Å². The van der Waals surface area contributed by atoms with Gasteiger partial charge in [0.15, 0.2) is 6.04 Å². The SMILES string of the molecule is CC(C)c1ccc([C@@H]([NH2+][C@@H](C(=O)NC2CC2)c2ccccc2)C(C)C)cc1. The fraction of sp³-hybridized carbons (Fsp3) is 0.458. The van der Waals surface area contributed by atoms with E-state index in [9.17, 15) is 4.79 Å². The standard InChI is InChI=1S/C24H32N2O/c1-16(2)18-10-12-20(13-11-18)22(17(3)4)26-23(19-8-6-5-7-9-19)24(27)25-21-14-15-21/h5-13,16-17,21-23,26H,14-15H2,1-4H3,(H,25,27)/p+1/t22-,23+/m0/s1. The van der Waals surface area contributed by atoms with Crippen molar-refractivity contribution in [3.63, 3.8) is 0 Å². The minimum absolute atomic E-state index is 0.133. The summed E-state index contributed by atoms with van der Waals surface area (Å²) in [6.45, 7) is 8.90. The molecule has 0 unspecified atom stereocenters. The first-order valence-corrected chi connectivity index (χ1v) is 10.3. The van der Waals surface area contributed by atoms with Crippen LogP contribution >= 0.6 is 0 Å². The highest BCUT2D eigenvalue weighted by atomic mass is 16.2. The Morgan fingerprint density at radius 3 is 2.00 bits per heavy atom. The van der Waals surface area contributed by atoms with Crippen LogP contribution in [0.4, 0.5) is 0 Å².